The summed E-state index contributed by atoms with van der Waals surface area (Å²) in [5.74, 6) is 0.439. The molecule has 0 saturated carbocycles. The Morgan fingerprint density at radius 2 is 0.894 bits per heavy atom. The van der Waals surface area contributed by atoms with Gasteiger partial charge in [0, 0.05) is 35.2 Å². The van der Waals surface area contributed by atoms with Gasteiger partial charge in [-0.15, -0.1) is 0 Å². The van der Waals surface area contributed by atoms with Crippen LogP contribution in [0.15, 0.2) is 242 Å². The fourth-order valence-electron chi connectivity index (χ4n) is 10.4. The number of rotatable bonds is 15. The van der Waals surface area contributed by atoms with Crippen LogP contribution in [0.25, 0.3) is 0 Å². The van der Waals surface area contributed by atoms with Crippen LogP contribution in [0.5, 0.6) is 0 Å². The van der Waals surface area contributed by atoms with Crippen molar-refractivity contribution in [2.45, 2.75) is 64.7 Å². The Hall–Kier alpha value is -7.16. The number of allylic oxidation sites excluding steroid dienone is 4. The molecule has 0 radical (unpaired) electrons. The van der Waals surface area contributed by atoms with Gasteiger partial charge < -0.3 is 10.2 Å². The van der Waals surface area contributed by atoms with Gasteiger partial charge in [0.2, 0.25) is 0 Å². The van der Waals surface area contributed by atoms with E-state index in [2.05, 4.69) is 288 Å². The Morgan fingerprint density at radius 1 is 0.500 bits per heavy atom. The molecule has 0 unspecified atom stereocenters. The first kappa shape index (κ1) is 45.4. The van der Waals surface area contributed by atoms with E-state index in [1.165, 1.54) is 50.1 Å². The van der Waals surface area contributed by atoms with Gasteiger partial charge in [-0.05, 0) is 117 Å². The zero-order chi connectivity index (χ0) is 46.2. The molecule has 0 aliphatic rings. The van der Waals surface area contributed by atoms with E-state index >= 15 is 0 Å². The molecule has 2 nitrogen and oxygen atoms in total. The molecule has 0 fully saturated rings. The monoisotopic (exact) mass is 861 g/mol. The van der Waals surface area contributed by atoms with Gasteiger partial charge in [0.15, 0.2) is 0 Å². The molecular weight excluding hydrogens is 797 g/mol. The highest BCUT2D eigenvalue weighted by atomic mass is 15.1. The van der Waals surface area contributed by atoms with Crippen molar-refractivity contribution in [2.24, 2.45) is 5.41 Å². The molecule has 0 spiro atoms. The van der Waals surface area contributed by atoms with E-state index in [1.54, 1.807) is 0 Å². The van der Waals surface area contributed by atoms with Gasteiger partial charge in [0.1, 0.15) is 0 Å². The van der Waals surface area contributed by atoms with Crippen LogP contribution in [0.4, 0.5) is 22.7 Å². The Balaban J connectivity index is 1.29. The quantitative estimate of drug-likeness (QED) is 0.0816. The highest BCUT2D eigenvalue weighted by molar-refractivity contribution is 5.77. The highest BCUT2D eigenvalue weighted by Crippen LogP contribution is 2.53. The van der Waals surface area contributed by atoms with Crippen molar-refractivity contribution in [3.05, 3.63) is 287 Å². The lowest BCUT2D eigenvalue weighted by atomic mass is 9.56. The fraction of sp³-hybridized carbons (Fsp3) is 0.188. The Bertz CT molecular complexity index is 2760. The number of nitrogens with zero attached hydrogens (tertiary/aromatic N) is 1. The summed E-state index contributed by atoms with van der Waals surface area (Å²) in [6.45, 7) is 13.8. The zero-order valence-electron chi connectivity index (χ0n) is 39.7. The maximum Gasteiger partial charge on any atom is 0.0698 e. The van der Waals surface area contributed by atoms with Crippen molar-refractivity contribution in [1.29, 1.82) is 0 Å². The summed E-state index contributed by atoms with van der Waals surface area (Å²) < 4.78 is 0. The van der Waals surface area contributed by atoms with Crippen molar-refractivity contribution < 1.29 is 0 Å². The molecule has 8 aromatic rings. The smallest absolute Gasteiger partial charge is 0.0698 e. The van der Waals surface area contributed by atoms with E-state index < -0.39 is 10.8 Å². The summed E-state index contributed by atoms with van der Waals surface area (Å²) >= 11 is 0. The van der Waals surface area contributed by atoms with E-state index in [1.807, 2.05) is 7.05 Å². The maximum atomic E-state index is 3.47. The van der Waals surface area contributed by atoms with E-state index in [4.69, 9.17) is 0 Å². The molecule has 0 bridgehead atoms. The molecule has 330 valence electrons. The van der Waals surface area contributed by atoms with Crippen LogP contribution in [0.3, 0.4) is 0 Å². The number of benzene rings is 8. The first-order chi connectivity index (χ1) is 32.1. The molecule has 0 aliphatic carbocycles. The molecule has 2 heteroatoms. The number of nitrogens with one attached hydrogen (secondary N) is 1. The van der Waals surface area contributed by atoms with Crippen molar-refractivity contribution in [3.63, 3.8) is 0 Å². The number of hydrogen-bond donors (Lipinski definition) is 1. The fourth-order valence-corrected chi connectivity index (χ4v) is 10.4. The number of anilines is 4. The standard InChI is InChI=1S/C64H64N2/c1-8-24-51(37-35-50-47-49(48(2)3)36-46-61(50)65-7)63(52-25-14-9-15-26-52,53-27-16-10-17-28-53)54-38-42-59(43-39-54)66(58-33-22-13-23-34-58)60-44-40-57(41-45-60)64(62(4,5)6,55-29-18-11-19-30-55)56-31-20-12-21-32-56/h8-34,36-48,65H,35H2,1-7H3/b24-8-,51-37+. The zero-order valence-corrected chi connectivity index (χ0v) is 39.7. The predicted octanol–water partition coefficient (Wildman–Crippen LogP) is 16.8. The van der Waals surface area contributed by atoms with Crippen molar-refractivity contribution in [1.82, 2.24) is 0 Å². The van der Waals surface area contributed by atoms with Crippen molar-refractivity contribution in [3.8, 4) is 0 Å². The third-order valence-corrected chi connectivity index (χ3v) is 13.5. The minimum Gasteiger partial charge on any atom is -0.388 e. The normalized spacial score (nSPS) is 12.4. The minimum atomic E-state index is -0.618. The Morgan fingerprint density at radius 3 is 1.32 bits per heavy atom. The van der Waals surface area contributed by atoms with Gasteiger partial charge in [-0.25, -0.2) is 0 Å². The largest absolute Gasteiger partial charge is 0.388 e. The molecule has 8 aromatic carbocycles. The van der Waals surface area contributed by atoms with Crippen molar-refractivity contribution >= 4 is 22.7 Å². The van der Waals surface area contributed by atoms with Crippen LogP contribution < -0.4 is 10.2 Å². The molecule has 0 aromatic heterocycles. The van der Waals surface area contributed by atoms with E-state index in [-0.39, 0.29) is 5.41 Å². The van der Waals surface area contributed by atoms with Gasteiger partial charge in [0.05, 0.1) is 5.41 Å². The third-order valence-electron chi connectivity index (χ3n) is 13.5. The highest BCUT2D eigenvalue weighted by Gasteiger charge is 2.46. The van der Waals surface area contributed by atoms with Gasteiger partial charge in [-0.1, -0.05) is 229 Å². The first-order valence-corrected chi connectivity index (χ1v) is 23.5. The summed E-state index contributed by atoms with van der Waals surface area (Å²) in [6.07, 6.45) is 7.74. The summed E-state index contributed by atoms with van der Waals surface area (Å²) in [5.41, 5.74) is 14.6. The summed E-state index contributed by atoms with van der Waals surface area (Å²) in [7, 11) is 2.02. The van der Waals surface area contributed by atoms with E-state index in [9.17, 15) is 0 Å². The number of hydrogen-bond acceptors (Lipinski definition) is 2. The molecule has 0 heterocycles. The Labute approximate surface area is 395 Å². The third kappa shape index (κ3) is 8.69. The van der Waals surface area contributed by atoms with Gasteiger partial charge in [0.25, 0.3) is 0 Å². The second-order valence-electron chi connectivity index (χ2n) is 18.7. The van der Waals surface area contributed by atoms with E-state index in [0.717, 1.165) is 29.2 Å². The van der Waals surface area contributed by atoms with Crippen LogP contribution in [-0.2, 0) is 17.3 Å². The van der Waals surface area contributed by atoms with Gasteiger partial charge in [-0.2, -0.15) is 0 Å². The molecule has 0 aliphatic heterocycles. The summed E-state index contributed by atoms with van der Waals surface area (Å²) in [6, 6.07) is 80.4. The molecule has 0 atom stereocenters. The summed E-state index contributed by atoms with van der Waals surface area (Å²) in [5, 5.41) is 3.47. The minimum absolute atomic E-state index is 0.149. The second-order valence-corrected chi connectivity index (χ2v) is 18.7. The van der Waals surface area contributed by atoms with Crippen LogP contribution in [0, 0.1) is 5.41 Å². The predicted molar refractivity (Wildman–Crippen MR) is 283 cm³/mol. The lowest BCUT2D eigenvalue weighted by Gasteiger charge is -2.47. The molecule has 8 rings (SSSR count). The first-order valence-electron chi connectivity index (χ1n) is 23.5. The average Bonchev–Trinajstić information content (AvgIpc) is 3.36. The SMILES string of the molecule is C/C=C\C(=C/Cc1cc(C(C)C)ccc1NC)C(c1ccccc1)(c1ccccc1)c1ccc(N(c2ccccc2)c2ccc(C(c3ccccc3)(c3ccccc3)C(C)(C)C)cc2)cc1. The second kappa shape index (κ2) is 19.9. The van der Waals surface area contributed by atoms with Gasteiger partial charge in [-0.3, -0.25) is 0 Å². The maximum absolute atomic E-state index is 3.47. The van der Waals surface area contributed by atoms with E-state index in [0.29, 0.717) is 5.92 Å². The van der Waals surface area contributed by atoms with Crippen molar-refractivity contribution in [2.75, 3.05) is 17.3 Å². The molecular formula is C64H64N2. The van der Waals surface area contributed by atoms with Crippen LogP contribution in [-0.4, -0.2) is 7.05 Å². The van der Waals surface area contributed by atoms with Crippen LogP contribution in [0.2, 0.25) is 0 Å². The lowest BCUT2D eigenvalue weighted by molar-refractivity contribution is 0.272. The lowest BCUT2D eigenvalue weighted by Crippen LogP contribution is -2.42. The summed E-state index contributed by atoms with van der Waals surface area (Å²) in [4.78, 5) is 2.38. The van der Waals surface area contributed by atoms with Crippen LogP contribution in [0.1, 0.15) is 92.0 Å². The molecule has 0 amide bonds. The Kier molecular flexibility index (Phi) is 13.7. The number of para-hydroxylation sites is 1. The topological polar surface area (TPSA) is 15.3 Å². The molecule has 66 heavy (non-hydrogen) atoms. The van der Waals surface area contributed by atoms with Gasteiger partial charge >= 0.3 is 0 Å². The average molecular weight is 861 g/mol. The molecule has 1 N–H and O–H groups in total. The van der Waals surface area contributed by atoms with Crippen LogP contribution >= 0.6 is 0 Å². The molecule has 0 saturated heterocycles.